The van der Waals surface area contributed by atoms with Crippen LogP contribution in [0.15, 0.2) is 24.3 Å². The second-order valence-corrected chi connectivity index (χ2v) is 6.14. The van der Waals surface area contributed by atoms with E-state index < -0.39 is 0 Å². The van der Waals surface area contributed by atoms with E-state index in [-0.39, 0.29) is 0 Å². The Morgan fingerprint density at radius 2 is 1.84 bits per heavy atom. The highest BCUT2D eigenvalue weighted by Gasteiger charge is 2.12. The molecule has 0 aromatic heterocycles. The molecule has 0 fully saturated rings. The Labute approximate surface area is 116 Å². The van der Waals surface area contributed by atoms with E-state index in [1.165, 1.54) is 0 Å². The maximum atomic E-state index is 8.70. The van der Waals surface area contributed by atoms with Crippen LogP contribution in [0.2, 0.25) is 0 Å². The summed E-state index contributed by atoms with van der Waals surface area (Å²) in [5.74, 6) is 0.831. The summed E-state index contributed by atoms with van der Waals surface area (Å²) in [5, 5.41) is 8.70. The lowest BCUT2D eigenvalue weighted by atomic mass is 9.96. The lowest BCUT2D eigenvalue weighted by molar-refractivity contribution is 0.207. The normalized spacial score (nSPS) is 11.4. The van der Waals surface area contributed by atoms with Gasteiger partial charge in [-0.25, -0.2) is 0 Å². The fourth-order valence-corrected chi connectivity index (χ4v) is 2.04. The average Bonchev–Trinajstić information content (AvgIpc) is 2.33. The lowest BCUT2D eigenvalue weighted by Gasteiger charge is -2.26. The van der Waals surface area contributed by atoms with Gasteiger partial charge in [0.2, 0.25) is 0 Å². The smallest absolute Gasteiger partial charge is 0.119 e. The third kappa shape index (κ3) is 6.83. The molecule has 1 rings (SSSR count). The Morgan fingerprint density at radius 1 is 1.21 bits per heavy atom. The summed E-state index contributed by atoms with van der Waals surface area (Å²) in [6.07, 6.45) is 1.01. The minimum absolute atomic E-state index is 0.336. The van der Waals surface area contributed by atoms with Crippen molar-refractivity contribution >= 4 is 0 Å². The largest absolute Gasteiger partial charge is 0.494 e. The number of nitriles is 1. The Kier molecular flexibility index (Phi) is 5.85. The first-order chi connectivity index (χ1) is 8.90. The van der Waals surface area contributed by atoms with Gasteiger partial charge in [-0.2, -0.15) is 5.26 Å². The van der Waals surface area contributed by atoms with Gasteiger partial charge < -0.3 is 9.64 Å². The molecule has 19 heavy (non-hydrogen) atoms. The molecule has 0 bridgehead atoms. The fraction of sp³-hybridized carbons (Fsp3) is 0.562. The third-order valence-electron chi connectivity index (χ3n) is 2.68. The summed E-state index contributed by atoms with van der Waals surface area (Å²) < 4.78 is 5.65. The summed E-state index contributed by atoms with van der Waals surface area (Å²) in [6, 6.07) is 9.34. The van der Waals surface area contributed by atoms with Crippen LogP contribution in [0.3, 0.4) is 0 Å². The van der Waals surface area contributed by atoms with Gasteiger partial charge in [0.05, 0.1) is 18.2 Å². The van der Waals surface area contributed by atoms with Crippen molar-refractivity contribution in [2.75, 3.05) is 26.7 Å². The van der Waals surface area contributed by atoms with Crippen LogP contribution in [0, 0.1) is 16.7 Å². The minimum atomic E-state index is 0.336. The van der Waals surface area contributed by atoms with Gasteiger partial charge in [0, 0.05) is 13.1 Å². The lowest BCUT2D eigenvalue weighted by Crippen LogP contribution is -2.30. The van der Waals surface area contributed by atoms with Gasteiger partial charge in [-0.1, -0.05) is 20.8 Å². The van der Waals surface area contributed by atoms with Crippen LogP contribution in [-0.2, 0) is 0 Å². The fourth-order valence-electron chi connectivity index (χ4n) is 2.04. The van der Waals surface area contributed by atoms with Crippen molar-refractivity contribution in [1.29, 1.82) is 5.26 Å². The van der Waals surface area contributed by atoms with E-state index in [0.717, 1.165) is 25.3 Å². The second kappa shape index (κ2) is 7.16. The molecule has 3 nitrogen and oxygen atoms in total. The molecule has 0 heterocycles. The van der Waals surface area contributed by atoms with Crippen LogP contribution in [0.4, 0.5) is 0 Å². The molecular formula is C16H24N2O. The van der Waals surface area contributed by atoms with Crippen LogP contribution in [0.1, 0.15) is 32.8 Å². The minimum Gasteiger partial charge on any atom is -0.494 e. The quantitative estimate of drug-likeness (QED) is 0.736. The average molecular weight is 260 g/mol. The molecule has 0 saturated heterocycles. The SMILES string of the molecule is CN(CCCOc1ccc(C#N)cc1)CC(C)(C)C. The van der Waals surface area contributed by atoms with E-state index in [2.05, 4.69) is 38.8 Å². The van der Waals surface area contributed by atoms with Crippen molar-refractivity contribution in [2.24, 2.45) is 5.41 Å². The molecule has 0 unspecified atom stereocenters. The Balaban J connectivity index is 2.22. The van der Waals surface area contributed by atoms with Crippen molar-refractivity contribution < 1.29 is 4.74 Å². The molecular weight excluding hydrogens is 236 g/mol. The molecule has 0 aliphatic rings. The predicted octanol–water partition coefficient (Wildman–Crippen LogP) is 3.31. The second-order valence-electron chi connectivity index (χ2n) is 6.14. The summed E-state index contributed by atoms with van der Waals surface area (Å²) in [6.45, 7) is 9.57. The first-order valence-corrected chi connectivity index (χ1v) is 6.72. The molecule has 1 aromatic carbocycles. The number of hydrogen-bond donors (Lipinski definition) is 0. The Morgan fingerprint density at radius 3 is 2.37 bits per heavy atom. The molecule has 0 spiro atoms. The predicted molar refractivity (Wildman–Crippen MR) is 78.2 cm³/mol. The molecule has 0 aliphatic carbocycles. The zero-order chi connectivity index (χ0) is 14.3. The molecule has 3 heteroatoms. The molecule has 0 aliphatic heterocycles. The summed E-state index contributed by atoms with van der Waals surface area (Å²) in [7, 11) is 2.15. The maximum absolute atomic E-state index is 8.70. The van der Waals surface area contributed by atoms with Crippen molar-refractivity contribution in [3.05, 3.63) is 29.8 Å². The van der Waals surface area contributed by atoms with Gasteiger partial charge >= 0.3 is 0 Å². The first kappa shape index (κ1) is 15.5. The number of hydrogen-bond acceptors (Lipinski definition) is 3. The maximum Gasteiger partial charge on any atom is 0.119 e. The molecule has 0 saturated carbocycles. The topological polar surface area (TPSA) is 36.3 Å². The van der Waals surface area contributed by atoms with Gasteiger partial charge in [-0.15, -0.1) is 0 Å². The summed E-state index contributed by atoms with van der Waals surface area (Å²) in [4.78, 5) is 2.34. The standard InChI is InChI=1S/C16H24N2O/c1-16(2,3)13-18(4)10-5-11-19-15-8-6-14(12-17)7-9-15/h6-9H,5,10-11,13H2,1-4H3. The van der Waals surface area contributed by atoms with Gasteiger partial charge in [-0.05, 0) is 43.1 Å². The van der Waals surface area contributed by atoms with Crippen LogP contribution in [0.25, 0.3) is 0 Å². The molecule has 0 radical (unpaired) electrons. The van der Waals surface area contributed by atoms with E-state index in [1.807, 2.05) is 12.1 Å². The summed E-state index contributed by atoms with van der Waals surface area (Å²) in [5.41, 5.74) is 1.00. The van der Waals surface area contributed by atoms with Crippen molar-refractivity contribution in [1.82, 2.24) is 4.90 Å². The number of benzene rings is 1. The molecule has 0 atom stereocenters. The van der Waals surface area contributed by atoms with Crippen LogP contribution < -0.4 is 4.74 Å². The zero-order valence-electron chi connectivity index (χ0n) is 12.4. The van der Waals surface area contributed by atoms with Gasteiger partial charge in [0.15, 0.2) is 0 Å². The molecule has 0 N–H and O–H groups in total. The highest BCUT2D eigenvalue weighted by atomic mass is 16.5. The van der Waals surface area contributed by atoms with Gasteiger partial charge in [0.1, 0.15) is 5.75 Å². The molecule has 0 amide bonds. The highest BCUT2D eigenvalue weighted by Crippen LogP contribution is 2.14. The van der Waals surface area contributed by atoms with Crippen molar-refractivity contribution in [3.8, 4) is 11.8 Å². The van der Waals surface area contributed by atoms with Crippen molar-refractivity contribution in [2.45, 2.75) is 27.2 Å². The van der Waals surface area contributed by atoms with Gasteiger partial charge in [-0.3, -0.25) is 0 Å². The zero-order valence-corrected chi connectivity index (χ0v) is 12.4. The summed E-state index contributed by atoms with van der Waals surface area (Å²) >= 11 is 0. The van der Waals surface area contributed by atoms with Crippen molar-refractivity contribution in [3.63, 3.8) is 0 Å². The van der Waals surface area contributed by atoms with E-state index in [0.29, 0.717) is 17.6 Å². The highest BCUT2D eigenvalue weighted by molar-refractivity contribution is 5.34. The van der Waals surface area contributed by atoms with E-state index >= 15 is 0 Å². The van der Waals surface area contributed by atoms with E-state index in [1.54, 1.807) is 12.1 Å². The van der Waals surface area contributed by atoms with Gasteiger partial charge in [0.25, 0.3) is 0 Å². The third-order valence-corrected chi connectivity index (χ3v) is 2.68. The van der Waals surface area contributed by atoms with Crippen LogP contribution in [-0.4, -0.2) is 31.6 Å². The van der Waals surface area contributed by atoms with Crippen LogP contribution in [0.5, 0.6) is 5.75 Å². The molecule has 104 valence electrons. The van der Waals surface area contributed by atoms with E-state index in [4.69, 9.17) is 10.00 Å². The Hall–Kier alpha value is -1.53. The first-order valence-electron chi connectivity index (χ1n) is 6.72. The number of rotatable bonds is 6. The Bertz CT molecular complexity index is 412. The van der Waals surface area contributed by atoms with E-state index in [9.17, 15) is 0 Å². The number of nitrogens with zero attached hydrogens (tertiary/aromatic N) is 2. The molecule has 1 aromatic rings. The number of ether oxygens (including phenoxy) is 1. The monoisotopic (exact) mass is 260 g/mol. The van der Waals surface area contributed by atoms with Crippen LogP contribution >= 0.6 is 0 Å².